The van der Waals surface area contributed by atoms with Crippen molar-refractivity contribution in [1.82, 2.24) is 10.2 Å². The number of sulfonamides is 1. The van der Waals surface area contributed by atoms with Gasteiger partial charge in [0.2, 0.25) is 5.91 Å². The number of nitrogens with one attached hydrogen (secondary N) is 1. The molecule has 9 heteroatoms. The number of carbonyl (C=O) groups is 1. The molecule has 1 aliphatic rings. The van der Waals surface area contributed by atoms with Crippen LogP contribution in [0.3, 0.4) is 0 Å². The van der Waals surface area contributed by atoms with Crippen LogP contribution in [0, 0.1) is 6.92 Å². The molecule has 196 valence electrons. The van der Waals surface area contributed by atoms with Crippen molar-refractivity contribution in [3.63, 3.8) is 0 Å². The van der Waals surface area contributed by atoms with Crippen LogP contribution in [0.5, 0.6) is 5.75 Å². The summed E-state index contributed by atoms with van der Waals surface area (Å²) in [5.41, 5.74) is 3.29. The van der Waals surface area contributed by atoms with E-state index in [4.69, 9.17) is 16.3 Å². The second kappa shape index (κ2) is 12.0. The Balaban J connectivity index is 1.58. The molecule has 0 saturated carbocycles. The molecule has 0 bridgehead atoms. The Morgan fingerprint density at radius 2 is 1.70 bits per heavy atom. The molecule has 7 nitrogen and oxygen atoms in total. The standard InChI is InChI=1S/C28H32ClN3O4S/c1-21-9-12-25(13-10-21)37(34,35)32(26-17-24(29)11-14-27(26)36-2)20-28(33)30-18-22-7-3-4-8-23(22)19-31-15-5-6-16-31/h3-4,7-14,17H,5-6,15-16,18-20H2,1-2H3,(H,30,33). The zero-order chi connectivity index (χ0) is 26.4. The first-order chi connectivity index (χ1) is 17.8. The number of aryl methyl sites for hydroxylation is 1. The third-order valence-electron chi connectivity index (χ3n) is 6.49. The monoisotopic (exact) mass is 541 g/mol. The molecule has 1 N–H and O–H groups in total. The Morgan fingerprint density at radius 3 is 2.38 bits per heavy atom. The molecule has 0 atom stereocenters. The maximum Gasteiger partial charge on any atom is 0.264 e. The summed E-state index contributed by atoms with van der Waals surface area (Å²) in [7, 11) is -2.65. The maximum absolute atomic E-state index is 13.7. The summed E-state index contributed by atoms with van der Waals surface area (Å²) in [5.74, 6) is -0.141. The number of rotatable bonds is 10. The van der Waals surface area contributed by atoms with Crippen LogP contribution in [-0.4, -0.2) is 46.0 Å². The zero-order valence-electron chi connectivity index (χ0n) is 21.1. The molecule has 3 aromatic carbocycles. The van der Waals surface area contributed by atoms with Crippen molar-refractivity contribution in [3.8, 4) is 5.75 Å². The lowest BCUT2D eigenvalue weighted by Gasteiger charge is -2.26. The minimum atomic E-state index is -4.09. The summed E-state index contributed by atoms with van der Waals surface area (Å²) in [6, 6.07) is 19.2. The van der Waals surface area contributed by atoms with E-state index in [1.54, 1.807) is 24.3 Å². The number of anilines is 1. The summed E-state index contributed by atoms with van der Waals surface area (Å²) in [5, 5.41) is 3.24. The van der Waals surface area contributed by atoms with E-state index in [0.717, 1.165) is 40.6 Å². The van der Waals surface area contributed by atoms with Crippen molar-refractivity contribution in [2.45, 2.75) is 37.8 Å². The normalized spacial score (nSPS) is 13.9. The number of carbonyl (C=O) groups excluding carboxylic acids is 1. The van der Waals surface area contributed by atoms with E-state index in [1.165, 1.54) is 38.2 Å². The van der Waals surface area contributed by atoms with Crippen LogP contribution in [0.1, 0.15) is 29.5 Å². The van der Waals surface area contributed by atoms with Gasteiger partial charge in [-0.15, -0.1) is 0 Å². The van der Waals surface area contributed by atoms with Gasteiger partial charge in [-0.3, -0.25) is 14.0 Å². The highest BCUT2D eigenvalue weighted by atomic mass is 35.5. The summed E-state index contributed by atoms with van der Waals surface area (Å²) < 4.78 is 33.9. The molecule has 1 heterocycles. The molecule has 0 radical (unpaired) electrons. The summed E-state index contributed by atoms with van der Waals surface area (Å²) >= 11 is 6.22. The minimum absolute atomic E-state index is 0.0730. The number of hydrogen-bond acceptors (Lipinski definition) is 5. The number of methoxy groups -OCH3 is 1. The van der Waals surface area contributed by atoms with Gasteiger partial charge in [-0.05, 0) is 74.3 Å². The van der Waals surface area contributed by atoms with Crippen LogP contribution in [0.25, 0.3) is 0 Å². The van der Waals surface area contributed by atoms with Crippen LogP contribution in [0.4, 0.5) is 5.69 Å². The number of nitrogens with zero attached hydrogens (tertiary/aromatic N) is 2. The van der Waals surface area contributed by atoms with Crippen molar-refractivity contribution in [3.05, 3.63) is 88.4 Å². The minimum Gasteiger partial charge on any atom is -0.495 e. The first-order valence-corrected chi connectivity index (χ1v) is 14.1. The topological polar surface area (TPSA) is 79.0 Å². The Bertz CT molecular complexity index is 1340. The Morgan fingerprint density at radius 1 is 1.03 bits per heavy atom. The first-order valence-electron chi connectivity index (χ1n) is 12.3. The highest BCUT2D eigenvalue weighted by Gasteiger charge is 2.30. The van der Waals surface area contributed by atoms with Gasteiger partial charge in [-0.1, -0.05) is 53.6 Å². The lowest BCUT2D eigenvalue weighted by atomic mass is 10.1. The average Bonchev–Trinajstić information content (AvgIpc) is 3.40. The predicted octanol–water partition coefficient (Wildman–Crippen LogP) is 4.76. The molecule has 37 heavy (non-hydrogen) atoms. The predicted molar refractivity (Wildman–Crippen MR) is 147 cm³/mol. The average molecular weight is 542 g/mol. The third-order valence-corrected chi connectivity index (χ3v) is 8.50. The third kappa shape index (κ3) is 6.63. The molecule has 1 aliphatic heterocycles. The largest absolute Gasteiger partial charge is 0.495 e. The van der Waals surface area contributed by atoms with E-state index < -0.39 is 22.5 Å². The number of likely N-dealkylation sites (tertiary alicyclic amines) is 1. The van der Waals surface area contributed by atoms with Gasteiger partial charge < -0.3 is 10.1 Å². The quantitative estimate of drug-likeness (QED) is 0.400. The summed E-state index contributed by atoms with van der Waals surface area (Å²) in [6.45, 7) is 4.74. The number of ether oxygens (including phenoxy) is 1. The fourth-order valence-corrected chi connectivity index (χ4v) is 6.03. The van der Waals surface area contributed by atoms with Crippen molar-refractivity contribution >= 4 is 33.2 Å². The van der Waals surface area contributed by atoms with Gasteiger partial charge in [0.1, 0.15) is 12.3 Å². The van der Waals surface area contributed by atoms with Crippen molar-refractivity contribution in [1.29, 1.82) is 0 Å². The smallest absolute Gasteiger partial charge is 0.264 e. The highest BCUT2D eigenvalue weighted by Crippen LogP contribution is 2.34. The molecule has 0 unspecified atom stereocenters. The Hall–Kier alpha value is -3.07. The number of benzene rings is 3. The van der Waals surface area contributed by atoms with Crippen LogP contribution in [0.2, 0.25) is 5.02 Å². The first kappa shape index (κ1) is 27.0. The van der Waals surface area contributed by atoms with Gasteiger partial charge >= 0.3 is 0 Å². The van der Waals surface area contributed by atoms with E-state index in [9.17, 15) is 13.2 Å². The molecular formula is C28H32ClN3O4S. The second-order valence-electron chi connectivity index (χ2n) is 9.17. The fraction of sp³-hybridized carbons (Fsp3) is 0.321. The van der Waals surface area contributed by atoms with Gasteiger partial charge in [-0.25, -0.2) is 8.42 Å². The molecule has 1 fully saturated rings. The second-order valence-corrected chi connectivity index (χ2v) is 11.5. The van der Waals surface area contributed by atoms with Crippen LogP contribution >= 0.6 is 11.6 Å². The summed E-state index contributed by atoms with van der Waals surface area (Å²) in [6.07, 6.45) is 2.41. The van der Waals surface area contributed by atoms with Gasteiger partial charge in [0.25, 0.3) is 10.0 Å². The van der Waals surface area contributed by atoms with Crippen molar-refractivity contribution < 1.29 is 17.9 Å². The number of hydrogen-bond donors (Lipinski definition) is 1. The number of halogens is 1. The molecule has 1 saturated heterocycles. The van der Waals surface area contributed by atoms with E-state index in [1.807, 2.05) is 25.1 Å². The lowest BCUT2D eigenvalue weighted by molar-refractivity contribution is -0.119. The van der Waals surface area contributed by atoms with E-state index >= 15 is 0 Å². The van der Waals surface area contributed by atoms with E-state index in [0.29, 0.717) is 17.3 Å². The van der Waals surface area contributed by atoms with Gasteiger partial charge in [-0.2, -0.15) is 0 Å². The van der Waals surface area contributed by atoms with Crippen LogP contribution in [-0.2, 0) is 27.9 Å². The molecule has 1 amide bonds. The molecule has 0 aromatic heterocycles. The van der Waals surface area contributed by atoms with Gasteiger partial charge in [0.05, 0.1) is 17.7 Å². The van der Waals surface area contributed by atoms with Gasteiger partial charge in [0, 0.05) is 18.1 Å². The molecule has 0 spiro atoms. The molecule has 3 aromatic rings. The van der Waals surface area contributed by atoms with Crippen LogP contribution in [0.15, 0.2) is 71.6 Å². The van der Waals surface area contributed by atoms with Crippen molar-refractivity contribution in [2.24, 2.45) is 0 Å². The van der Waals surface area contributed by atoms with Gasteiger partial charge in [0.15, 0.2) is 0 Å². The molecule has 4 rings (SSSR count). The zero-order valence-corrected chi connectivity index (χ0v) is 22.7. The van der Waals surface area contributed by atoms with E-state index in [-0.39, 0.29) is 10.6 Å². The Labute approximate surface area is 224 Å². The van der Waals surface area contributed by atoms with Crippen LogP contribution < -0.4 is 14.4 Å². The van der Waals surface area contributed by atoms with Crippen molar-refractivity contribution in [2.75, 3.05) is 31.0 Å². The molecule has 0 aliphatic carbocycles. The molecular weight excluding hydrogens is 510 g/mol. The Kier molecular flexibility index (Phi) is 8.74. The number of amides is 1. The maximum atomic E-state index is 13.7. The fourth-order valence-electron chi connectivity index (χ4n) is 4.44. The summed E-state index contributed by atoms with van der Waals surface area (Å²) in [4.78, 5) is 15.6. The van der Waals surface area contributed by atoms with E-state index in [2.05, 4.69) is 16.3 Å². The SMILES string of the molecule is COc1ccc(Cl)cc1N(CC(=O)NCc1ccccc1CN1CCCC1)S(=O)(=O)c1ccc(C)cc1. The lowest BCUT2D eigenvalue weighted by Crippen LogP contribution is -2.41. The highest BCUT2D eigenvalue weighted by molar-refractivity contribution is 7.92.